The molecule has 2 aromatic heterocycles. The first kappa shape index (κ1) is 11.8. The van der Waals surface area contributed by atoms with Gasteiger partial charge in [-0.1, -0.05) is 11.8 Å². The van der Waals surface area contributed by atoms with Crippen molar-refractivity contribution in [3.63, 3.8) is 0 Å². The maximum absolute atomic E-state index is 10.5. The Bertz CT molecular complexity index is 505. The third kappa shape index (κ3) is 2.91. The molecule has 5 nitrogen and oxygen atoms in total. The van der Waals surface area contributed by atoms with Gasteiger partial charge in [-0.2, -0.15) is 0 Å². The minimum atomic E-state index is -0.842. The monoisotopic (exact) mass is 252 g/mol. The van der Waals surface area contributed by atoms with E-state index in [9.17, 15) is 4.79 Å². The number of aryl methyl sites for hydroxylation is 1. The van der Waals surface area contributed by atoms with Gasteiger partial charge in [-0.05, 0) is 13.0 Å². The lowest BCUT2D eigenvalue weighted by atomic mass is 10.3. The third-order valence-electron chi connectivity index (χ3n) is 2.26. The van der Waals surface area contributed by atoms with E-state index in [4.69, 9.17) is 9.52 Å². The number of thioether (sulfide) groups is 1. The largest absolute Gasteiger partial charge is 0.481 e. The summed E-state index contributed by atoms with van der Waals surface area (Å²) in [5, 5.41) is 9.37. The van der Waals surface area contributed by atoms with Crippen LogP contribution in [0.1, 0.15) is 11.3 Å². The Morgan fingerprint density at radius 1 is 1.65 bits per heavy atom. The zero-order valence-corrected chi connectivity index (χ0v) is 10.1. The number of carboxylic acid groups (broad SMARTS) is 1. The van der Waals surface area contributed by atoms with Gasteiger partial charge in [0.05, 0.1) is 24.8 Å². The number of hydrogen-bond donors (Lipinski definition) is 1. The number of carbonyl (C=O) groups is 1. The van der Waals surface area contributed by atoms with Crippen molar-refractivity contribution in [3.05, 3.63) is 36.0 Å². The van der Waals surface area contributed by atoms with Gasteiger partial charge >= 0.3 is 5.97 Å². The van der Waals surface area contributed by atoms with Crippen molar-refractivity contribution in [2.24, 2.45) is 0 Å². The summed E-state index contributed by atoms with van der Waals surface area (Å²) >= 11 is 1.22. The lowest BCUT2D eigenvalue weighted by Crippen LogP contribution is -2.05. The average Bonchev–Trinajstić information content (AvgIpc) is 2.89. The van der Waals surface area contributed by atoms with Crippen molar-refractivity contribution in [1.29, 1.82) is 0 Å². The third-order valence-corrected chi connectivity index (χ3v) is 3.24. The van der Waals surface area contributed by atoms with Gasteiger partial charge in [0.1, 0.15) is 0 Å². The molecule has 0 unspecified atom stereocenters. The summed E-state index contributed by atoms with van der Waals surface area (Å²) in [6.45, 7) is 2.59. The van der Waals surface area contributed by atoms with Crippen LogP contribution in [0.4, 0.5) is 0 Å². The fraction of sp³-hybridized carbons (Fsp3) is 0.273. The van der Waals surface area contributed by atoms with Crippen LogP contribution >= 0.6 is 11.8 Å². The summed E-state index contributed by atoms with van der Waals surface area (Å²) < 4.78 is 6.98. The van der Waals surface area contributed by atoms with Gasteiger partial charge in [-0.25, -0.2) is 4.98 Å². The van der Waals surface area contributed by atoms with E-state index in [-0.39, 0.29) is 5.75 Å². The molecular formula is C11H12N2O3S. The molecule has 0 spiro atoms. The van der Waals surface area contributed by atoms with E-state index in [1.54, 1.807) is 18.7 Å². The van der Waals surface area contributed by atoms with Crippen LogP contribution < -0.4 is 0 Å². The van der Waals surface area contributed by atoms with Crippen molar-refractivity contribution in [1.82, 2.24) is 9.55 Å². The van der Waals surface area contributed by atoms with Crippen LogP contribution in [-0.2, 0) is 11.3 Å². The average molecular weight is 252 g/mol. The molecule has 2 heterocycles. The van der Waals surface area contributed by atoms with E-state index in [2.05, 4.69) is 4.98 Å². The molecule has 0 saturated carbocycles. The summed E-state index contributed by atoms with van der Waals surface area (Å²) in [5.41, 5.74) is 2.03. The number of hydrogen-bond acceptors (Lipinski definition) is 4. The Kier molecular flexibility index (Phi) is 3.53. The Morgan fingerprint density at radius 3 is 3.12 bits per heavy atom. The minimum Gasteiger partial charge on any atom is -0.481 e. The van der Waals surface area contributed by atoms with E-state index in [0.29, 0.717) is 11.7 Å². The van der Waals surface area contributed by atoms with Crippen LogP contribution in [0, 0.1) is 6.92 Å². The highest BCUT2D eigenvalue weighted by Gasteiger charge is 2.10. The first-order valence-corrected chi connectivity index (χ1v) is 6.03. The van der Waals surface area contributed by atoms with Crippen LogP contribution in [-0.4, -0.2) is 26.4 Å². The second kappa shape index (κ2) is 5.09. The zero-order valence-electron chi connectivity index (χ0n) is 9.29. The van der Waals surface area contributed by atoms with Crippen molar-refractivity contribution in [3.8, 4) is 0 Å². The molecule has 0 amide bonds. The highest BCUT2D eigenvalue weighted by molar-refractivity contribution is 7.99. The van der Waals surface area contributed by atoms with Crippen molar-refractivity contribution < 1.29 is 14.3 Å². The van der Waals surface area contributed by atoms with Gasteiger partial charge in [0.15, 0.2) is 5.16 Å². The fourth-order valence-electron chi connectivity index (χ4n) is 1.44. The molecule has 0 fully saturated rings. The molecular weight excluding hydrogens is 240 g/mol. The predicted molar refractivity (Wildman–Crippen MR) is 63.1 cm³/mol. The molecule has 0 saturated heterocycles. The van der Waals surface area contributed by atoms with Crippen molar-refractivity contribution in [2.45, 2.75) is 18.6 Å². The number of furan rings is 1. The lowest BCUT2D eigenvalue weighted by Gasteiger charge is -2.07. The SMILES string of the molecule is Cc1cnc(SCC(=O)O)n1Cc1ccoc1. The zero-order chi connectivity index (χ0) is 12.3. The van der Waals surface area contributed by atoms with Gasteiger partial charge in [-0.3, -0.25) is 4.79 Å². The second-order valence-corrected chi connectivity index (χ2v) is 4.52. The number of imidazole rings is 1. The summed E-state index contributed by atoms with van der Waals surface area (Å²) in [6, 6.07) is 1.88. The molecule has 6 heteroatoms. The summed E-state index contributed by atoms with van der Waals surface area (Å²) in [7, 11) is 0. The van der Waals surface area contributed by atoms with Gasteiger partial charge < -0.3 is 14.1 Å². The molecule has 0 bridgehead atoms. The Labute approximate surface area is 102 Å². The number of rotatable bonds is 5. The first-order valence-electron chi connectivity index (χ1n) is 5.04. The number of aliphatic carboxylic acids is 1. The minimum absolute atomic E-state index is 0.0157. The topological polar surface area (TPSA) is 68.3 Å². The maximum atomic E-state index is 10.5. The van der Waals surface area contributed by atoms with E-state index in [0.717, 1.165) is 11.3 Å². The molecule has 90 valence electrons. The summed E-state index contributed by atoms with van der Waals surface area (Å²) in [5.74, 6) is -0.826. The second-order valence-electron chi connectivity index (χ2n) is 3.58. The quantitative estimate of drug-likeness (QED) is 0.824. The number of nitrogens with zero attached hydrogens (tertiary/aromatic N) is 2. The van der Waals surface area contributed by atoms with Gasteiger partial charge in [0.2, 0.25) is 0 Å². The molecule has 1 N–H and O–H groups in total. The molecule has 0 atom stereocenters. The molecule has 2 aromatic rings. The summed E-state index contributed by atoms with van der Waals surface area (Å²) in [6.07, 6.45) is 5.03. The van der Waals surface area contributed by atoms with Crippen LogP contribution in [0.2, 0.25) is 0 Å². The van der Waals surface area contributed by atoms with Crippen molar-refractivity contribution >= 4 is 17.7 Å². The van der Waals surface area contributed by atoms with Crippen LogP contribution in [0.25, 0.3) is 0 Å². The Balaban J connectivity index is 2.14. The van der Waals surface area contributed by atoms with E-state index in [1.807, 2.05) is 17.6 Å². The van der Waals surface area contributed by atoms with Crippen LogP contribution in [0.5, 0.6) is 0 Å². The van der Waals surface area contributed by atoms with E-state index >= 15 is 0 Å². The standard InChI is InChI=1S/C11H12N2O3S/c1-8-4-12-11(17-7-10(14)15)13(8)5-9-2-3-16-6-9/h2-4,6H,5,7H2,1H3,(H,14,15). The fourth-order valence-corrected chi connectivity index (χ4v) is 2.18. The summed E-state index contributed by atoms with van der Waals surface area (Å²) in [4.78, 5) is 14.7. The van der Waals surface area contributed by atoms with Gasteiger partial charge in [0.25, 0.3) is 0 Å². The molecule has 0 aromatic carbocycles. The number of carboxylic acids is 1. The van der Waals surface area contributed by atoms with Gasteiger partial charge in [0, 0.05) is 17.5 Å². The highest BCUT2D eigenvalue weighted by Crippen LogP contribution is 2.19. The van der Waals surface area contributed by atoms with Crippen LogP contribution in [0.15, 0.2) is 34.4 Å². The molecule has 0 aliphatic rings. The van der Waals surface area contributed by atoms with E-state index < -0.39 is 5.97 Å². The Hall–Kier alpha value is -1.69. The molecule has 0 aliphatic heterocycles. The van der Waals surface area contributed by atoms with E-state index in [1.165, 1.54) is 11.8 Å². The molecule has 2 rings (SSSR count). The maximum Gasteiger partial charge on any atom is 0.313 e. The predicted octanol–water partition coefficient (Wildman–Crippen LogP) is 2.01. The molecule has 0 aliphatic carbocycles. The van der Waals surface area contributed by atoms with Gasteiger partial charge in [-0.15, -0.1) is 0 Å². The lowest BCUT2D eigenvalue weighted by molar-refractivity contribution is -0.133. The Morgan fingerprint density at radius 2 is 2.47 bits per heavy atom. The first-order chi connectivity index (χ1) is 8.16. The highest BCUT2D eigenvalue weighted by atomic mass is 32.2. The number of aromatic nitrogens is 2. The van der Waals surface area contributed by atoms with Crippen molar-refractivity contribution in [2.75, 3.05) is 5.75 Å². The van der Waals surface area contributed by atoms with Crippen LogP contribution in [0.3, 0.4) is 0 Å². The molecule has 17 heavy (non-hydrogen) atoms. The normalized spacial score (nSPS) is 10.6. The smallest absolute Gasteiger partial charge is 0.313 e. The molecule has 0 radical (unpaired) electrons.